The molecule has 0 unspecified atom stereocenters. The molecule has 0 saturated carbocycles. The molecule has 0 atom stereocenters. The molecule has 3 rings (SSSR count). The summed E-state index contributed by atoms with van der Waals surface area (Å²) in [5.41, 5.74) is 1.63. The summed E-state index contributed by atoms with van der Waals surface area (Å²) in [6, 6.07) is 14.6. The lowest BCUT2D eigenvalue weighted by molar-refractivity contribution is 0.0969. The molecular weight excluding hydrogens is 362 g/mol. The molecule has 22 heavy (non-hydrogen) atoms. The van der Waals surface area contributed by atoms with Gasteiger partial charge in [0.1, 0.15) is 5.49 Å². The van der Waals surface area contributed by atoms with E-state index < -0.39 is 0 Å². The molecule has 0 aliphatic carbocycles. The van der Waals surface area contributed by atoms with E-state index in [9.17, 15) is 4.79 Å². The van der Waals surface area contributed by atoms with Crippen molar-refractivity contribution in [1.29, 1.82) is 5.41 Å². The van der Waals surface area contributed by atoms with Crippen LogP contribution in [-0.4, -0.2) is 15.3 Å². The number of rotatable bonds is 3. The van der Waals surface area contributed by atoms with Crippen molar-refractivity contribution in [3.05, 3.63) is 68.8 Å². The summed E-state index contributed by atoms with van der Waals surface area (Å²) in [5, 5.41) is 9.02. The van der Waals surface area contributed by atoms with Gasteiger partial charge in [-0.1, -0.05) is 40.2 Å². The molecule has 1 heterocycles. The third-order valence-electron chi connectivity index (χ3n) is 3.41. The Hall–Kier alpha value is -2.05. The Bertz CT molecular complexity index is 973. The summed E-state index contributed by atoms with van der Waals surface area (Å²) >= 11 is 8.63. The molecule has 6 heteroatoms. The second-order valence-corrected chi connectivity index (χ2v) is 6.14. The Labute approximate surface area is 140 Å². The average molecular weight is 374 g/mol. The van der Waals surface area contributed by atoms with E-state index in [-0.39, 0.29) is 17.8 Å². The number of nitrogens with one attached hydrogen (secondary N) is 2. The molecular formula is C16H12BrN3OS. The number of carbonyl (C=O) groups is 1. The van der Waals surface area contributed by atoms with Gasteiger partial charge < -0.3 is 4.98 Å². The van der Waals surface area contributed by atoms with Crippen LogP contribution in [0, 0.1) is 10.2 Å². The summed E-state index contributed by atoms with van der Waals surface area (Å²) in [4.78, 5) is 15.4. The number of hydrogen-bond donors (Lipinski definition) is 2. The first-order valence-corrected chi connectivity index (χ1v) is 7.81. The van der Waals surface area contributed by atoms with Gasteiger partial charge in [0.05, 0.1) is 12.1 Å². The summed E-state index contributed by atoms with van der Waals surface area (Å²) in [7, 11) is 0. The van der Waals surface area contributed by atoms with Crippen LogP contribution in [0.5, 0.6) is 0 Å². The van der Waals surface area contributed by atoms with Crippen LogP contribution in [0.25, 0.3) is 10.9 Å². The molecule has 0 amide bonds. The van der Waals surface area contributed by atoms with Crippen LogP contribution in [0.1, 0.15) is 10.4 Å². The van der Waals surface area contributed by atoms with E-state index in [1.165, 1.54) is 4.57 Å². The Morgan fingerprint density at radius 1 is 1.18 bits per heavy atom. The van der Waals surface area contributed by atoms with Gasteiger partial charge in [-0.05, 0) is 36.5 Å². The Balaban J connectivity index is 2.04. The van der Waals surface area contributed by atoms with Crippen LogP contribution in [0.2, 0.25) is 0 Å². The minimum atomic E-state index is -0.0826. The number of H-pyrrole nitrogens is 1. The normalized spacial score (nSPS) is 10.8. The smallest absolute Gasteiger partial charge is 0.182 e. The van der Waals surface area contributed by atoms with Crippen molar-refractivity contribution in [2.75, 3.05) is 0 Å². The van der Waals surface area contributed by atoms with E-state index in [0.29, 0.717) is 10.3 Å². The van der Waals surface area contributed by atoms with Crippen LogP contribution in [0.3, 0.4) is 0 Å². The number of aromatic nitrogens is 2. The highest BCUT2D eigenvalue weighted by molar-refractivity contribution is 9.10. The summed E-state index contributed by atoms with van der Waals surface area (Å²) in [6.45, 7) is 0.0423. The van der Waals surface area contributed by atoms with E-state index in [0.717, 1.165) is 15.4 Å². The van der Waals surface area contributed by atoms with Crippen LogP contribution in [0.15, 0.2) is 53.0 Å². The number of para-hydroxylation sites is 1. The minimum absolute atomic E-state index is 0.0423. The zero-order valence-electron chi connectivity index (χ0n) is 11.5. The van der Waals surface area contributed by atoms with E-state index in [1.807, 2.05) is 36.4 Å². The second kappa shape index (κ2) is 5.98. The minimum Gasteiger partial charge on any atom is -0.332 e. The van der Waals surface area contributed by atoms with Crippen LogP contribution >= 0.6 is 28.1 Å². The van der Waals surface area contributed by atoms with E-state index >= 15 is 0 Å². The number of ketones is 1. The monoisotopic (exact) mass is 373 g/mol. The van der Waals surface area contributed by atoms with Gasteiger partial charge in [-0.15, -0.1) is 0 Å². The number of aromatic amines is 1. The maximum absolute atomic E-state index is 12.4. The molecule has 110 valence electrons. The van der Waals surface area contributed by atoms with Crippen molar-refractivity contribution in [2.24, 2.45) is 0 Å². The first-order chi connectivity index (χ1) is 10.6. The summed E-state index contributed by atoms with van der Waals surface area (Å²) in [5.74, 6) is -0.0826. The molecule has 0 bridgehead atoms. The molecule has 0 fully saturated rings. The maximum atomic E-state index is 12.4. The van der Waals surface area contributed by atoms with Crippen LogP contribution in [-0.2, 0) is 6.54 Å². The largest absolute Gasteiger partial charge is 0.332 e. The van der Waals surface area contributed by atoms with Gasteiger partial charge in [0.15, 0.2) is 10.6 Å². The Kier molecular flexibility index (Phi) is 4.04. The lowest BCUT2D eigenvalue weighted by Crippen LogP contribution is -2.26. The molecule has 0 saturated heterocycles. The average Bonchev–Trinajstić information content (AvgIpc) is 2.52. The van der Waals surface area contributed by atoms with Crippen molar-refractivity contribution in [2.45, 2.75) is 6.54 Å². The van der Waals surface area contributed by atoms with Gasteiger partial charge in [0, 0.05) is 15.4 Å². The zero-order valence-corrected chi connectivity index (χ0v) is 13.9. The predicted octanol–water partition coefficient (Wildman–Crippen LogP) is 3.82. The number of fused-ring (bicyclic) bond motifs is 1. The molecule has 0 spiro atoms. The van der Waals surface area contributed by atoms with Crippen molar-refractivity contribution < 1.29 is 4.79 Å². The van der Waals surface area contributed by atoms with Gasteiger partial charge >= 0.3 is 0 Å². The highest BCUT2D eigenvalue weighted by Crippen LogP contribution is 2.12. The van der Waals surface area contributed by atoms with Crippen molar-refractivity contribution in [3.8, 4) is 0 Å². The Morgan fingerprint density at radius 3 is 2.59 bits per heavy atom. The molecule has 0 radical (unpaired) electrons. The molecule has 0 aliphatic heterocycles. The number of halogens is 1. The molecule has 3 aromatic rings. The molecule has 1 aromatic heterocycles. The highest BCUT2D eigenvalue weighted by Gasteiger charge is 2.09. The van der Waals surface area contributed by atoms with E-state index in [2.05, 4.69) is 20.9 Å². The lowest BCUT2D eigenvalue weighted by Gasteiger charge is -2.09. The third kappa shape index (κ3) is 2.80. The van der Waals surface area contributed by atoms with Gasteiger partial charge in [0.2, 0.25) is 0 Å². The molecule has 4 nitrogen and oxygen atoms in total. The topological polar surface area (TPSA) is 61.6 Å². The number of benzene rings is 2. The lowest BCUT2D eigenvalue weighted by atomic mass is 10.1. The molecule has 0 aliphatic rings. The quantitative estimate of drug-likeness (QED) is 0.541. The number of carbonyl (C=O) groups excluding carboxylic acids is 1. The van der Waals surface area contributed by atoms with Gasteiger partial charge in [-0.2, -0.15) is 0 Å². The number of Topliss-reactive ketones (excluding diaryl/α,β-unsaturated/α-hetero) is 1. The maximum Gasteiger partial charge on any atom is 0.182 e. The second-order valence-electron chi connectivity index (χ2n) is 4.84. The first-order valence-electron chi connectivity index (χ1n) is 6.61. The van der Waals surface area contributed by atoms with Crippen molar-refractivity contribution in [1.82, 2.24) is 9.55 Å². The molecule has 2 aromatic carbocycles. The zero-order chi connectivity index (χ0) is 15.7. The third-order valence-corrected chi connectivity index (χ3v) is 4.26. The standard InChI is InChI=1S/C16H12BrN3OS/c17-11-7-5-10(6-8-11)14(21)9-20-15(18)12-3-1-2-4-13(12)19-16(20)22/h1-8,18H,9H2,(H,19,22). The number of hydrogen-bond acceptors (Lipinski definition) is 3. The van der Waals surface area contributed by atoms with Crippen LogP contribution in [0.4, 0.5) is 0 Å². The summed E-state index contributed by atoms with van der Waals surface area (Å²) in [6.07, 6.45) is 0. The van der Waals surface area contributed by atoms with Crippen molar-refractivity contribution in [3.63, 3.8) is 0 Å². The highest BCUT2D eigenvalue weighted by atomic mass is 79.9. The fourth-order valence-corrected chi connectivity index (χ4v) is 2.78. The fourth-order valence-electron chi connectivity index (χ4n) is 2.25. The Morgan fingerprint density at radius 2 is 1.86 bits per heavy atom. The van der Waals surface area contributed by atoms with Gasteiger partial charge in [-0.3, -0.25) is 14.8 Å². The van der Waals surface area contributed by atoms with E-state index in [4.69, 9.17) is 17.6 Å². The van der Waals surface area contributed by atoms with Gasteiger partial charge in [-0.25, -0.2) is 0 Å². The summed E-state index contributed by atoms with van der Waals surface area (Å²) < 4.78 is 2.80. The van der Waals surface area contributed by atoms with E-state index in [1.54, 1.807) is 12.1 Å². The fraction of sp³-hybridized carbons (Fsp3) is 0.0625. The first kappa shape index (κ1) is 14.9. The SMILES string of the molecule is N=c1c2ccccc2[nH]c(=S)n1CC(=O)c1ccc(Br)cc1. The number of nitrogens with zero attached hydrogens (tertiary/aromatic N) is 1. The predicted molar refractivity (Wildman–Crippen MR) is 91.4 cm³/mol. The molecule has 2 N–H and O–H groups in total. The van der Waals surface area contributed by atoms with Crippen LogP contribution < -0.4 is 5.49 Å². The van der Waals surface area contributed by atoms with Crippen molar-refractivity contribution >= 4 is 44.8 Å². The van der Waals surface area contributed by atoms with Gasteiger partial charge in [0.25, 0.3) is 0 Å².